The molecule has 0 radical (unpaired) electrons. The van der Waals surface area contributed by atoms with Crippen molar-refractivity contribution < 1.29 is 9.15 Å². The van der Waals surface area contributed by atoms with Gasteiger partial charge in [0.25, 0.3) is 0 Å². The topological polar surface area (TPSA) is 90.4 Å². The third kappa shape index (κ3) is 3.09. The number of ether oxygens (including phenoxy) is 1. The summed E-state index contributed by atoms with van der Waals surface area (Å²) in [6.07, 6.45) is 2.51. The number of tetrazole rings is 1. The Morgan fingerprint density at radius 3 is 3.20 bits per heavy atom. The second kappa shape index (κ2) is 6.11. The average molecular weight is 274 g/mol. The molecule has 0 saturated carbocycles. The summed E-state index contributed by atoms with van der Waals surface area (Å²) >= 11 is 0. The molecule has 0 aliphatic heterocycles. The van der Waals surface area contributed by atoms with Crippen LogP contribution in [0.4, 0.5) is 5.82 Å². The molecule has 3 heterocycles. The molecule has 104 valence electrons. The van der Waals surface area contributed by atoms with Crippen LogP contribution < -0.4 is 5.32 Å². The maximum atomic E-state index is 5.48. The highest BCUT2D eigenvalue weighted by molar-refractivity contribution is 5.41. The molecule has 3 aromatic rings. The van der Waals surface area contributed by atoms with Gasteiger partial charge >= 0.3 is 0 Å². The molecule has 0 bridgehead atoms. The first-order valence-electron chi connectivity index (χ1n) is 6.31. The van der Waals surface area contributed by atoms with E-state index in [9.17, 15) is 0 Å². The molecule has 0 fully saturated rings. The van der Waals surface area contributed by atoms with Gasteiger partial charge in [-0.3, -0.25) is 0 Å². The summed E-state index contributed by atoms with van der Waals surface area (Å²) < 4.78 is 12.0. The first-order chi connectivity index (χ1) is 9.92. The predicted molar refractivity (Wildman–Crippen MR) is 70.0 cm³/mol. The molecule has 1 N–H and O–H groups in total. The Morgan fingerprint density at radius 2 is 2.30 bits per heavy atom. The molecule has 0 saturated heterocycles. The van der Waals surface area contributed by atoms with Gasteiger partial charge in [-0.2, -0.15) is 0 Å². The van der Waals surface area contributed by atoms with Gasteiger partial charge in [0.05, 0.1) is 6.26 Å². The van der Waals surface area contributed by atoms with Crippen LogP contribution in [-0.2, 0) is 11.3 Å². The van der Waals surface area contributed by atoms with Crippen LogP contribution in [0.15, 0.2) is 34.9 Å². The highest BCUT2D eigenvalue weighted by Gasteiger charge is 2.00. The van der Waals surface area contributed by atoms with Crippen LogP contribution in [0.3, 0.4) is 0 Å². The van der Waals surface area contributed by atoms with Crippen molar-refractivity contribution in [1.29, 1.82) is 0 Å². The monoisotopic (exact) mass is 274 g/mol. The summed E-state index contributed by atoms with van der Waals surface area (Å²) in [5, 5.41) is 18.5. The number of fused-ring (bicyclic) bond motifs is 1. The van der Waals surface area contributed by atoms with Crippen LogP contribution in [0.25, 0.3) is 5.65 Å². The zero-order chi connectivity index (χ0) is 13.6. The van der Waals surface area contributed by atoms with E-state index < -0.39 is 0 Å². The van der Waals surface area contributed by atoms with Gasteiger partial charge in [0.15, 0.2) is 5.65 Å². The minimum absolute atomic E-state index is 0.502. The number of hydrogen-bond donors (Lipinski definition) is 1. The number of aromatic nitrogens is 5. The number of furan rings is 1. The maximum absolute atomic E-state index is 5.48. The fraction of sp³-hybridized carbons (Fsp3) is 0.333. The Bertz CT molecular complexity index is 651. The summed E-state index contributed by atoms with van der Waals surface area (Å²) in [6.45, 7) is 1.92. The SMILES string of the molecule is c1coc(COCCCNc2ccc3nnnn3n2)c1. The van der Waals surface area contributed by atoms with E-state index in [1.807, 2.05) is 24.3 Å². The number of hydrogen-bond acceptors (Lipinski definition) is 7. The van der Waals surface area contributed by atoms with Gasteiger partial charge in [0.2, 0.25) is 0 Å². The lowest BCUT2D eigenvalue weighted by Crippen LogP contribution is -2.08. The normalized spacial score (nSPS) is 11.0. The van der Waals surface area contributed by atoms with Gasteiger partial charge in [-0.15, -0.1) is 14.8 Å². The van der Waals surface area contributed by atoms with Crippen molar-refractivity contribution >= 4 is 11.5 Å². The summed E-state index contributed by atoms with van der Waals surface area (Å²) in [7, 11) is 0. The highest BCUT2D eigenvalue weighted by Crippen LogP contribution is 2.04. The molecule has 0 amide bonds. The molecule has 3 rings (SSSR count). The minimum atomic E-state index is 0.502. The van der Waals surface area contributed by atoms with Crippen molar-refractivity contribution in [2.45, 2.75) is 13.0 Å². The molecular formula is C12H14N6O2. The van der Waals surface area contributed by atoms with E-state index in [1.165, 1.54) is 4.63 Å². The zero-order valence-electron chi connectivity index (χ0n) is 10.8. The molecule has 0 atom stereocenters. The van der Waals surface area contributed by atoms with Crippen LogP contribution in [0.2, 0.25) is 0 Å². The van der Waals surface area contributed by atoms with Crippen molar-refractivity contribution in [3.05, 3.63) is 36.3 Å². The predicted octanol–water partition coefficient (Wildman–Crippen LogP) is 1.13. The Hall–Kier alpha value is -2.48. The lowest BCUT2D eigenvalue weighted by atomic mass is 10.4. The Kier molecular flexibility index (Phi) is 3.83. The second-order valence-corrected chi connectivity index (χ2v) is 4.16. The molecule has 0 aliphatic rings. The Balaban J connectivity index is 1.37. The van der Waals surface area contributed by atoms with Gasteiger partial charge < -0.3 is 14.5 Å². The minimum Gasteiger partial charge on any atom is -0.467 e. The van der Waals surface area contributed by atoms with E-state index in [0.29, 0.717) is 18.9 Å². The smallest absolute Gasteiger partial charge is 0.200 e. The van der Waals surface area contributed by atoms with Crippen molar-refractivity contribution in [2.75, 3.05) is 18.5 Å². The Labute approximate surface area is 114 Å². The lowest BCUT2D eigenvalue weighted by Gasteiger charge is -2.05. The second-order valence-electron chi connectivity index (χ2n) is 4.16. The van der Waals surface area contributed by atoms with E-state index in [4.69, 9.17) is 9.15 Å². The molecule has 0 aromatic carbocycles. The lowest BCUT2D eigenvalue weighted by molar-refractivity contribution is 0.106. The molecule has 3 aromatic heterocycles. The highest BCUT2D eigenvalue weighted by atomic mass is 16.5. The van der Waals surface area contributed by atoms with Crippen molar-refractivity contribution in [3.8, 4) is 0 Å². The van der Waals surface area contributed by atoms with Crippen LogP contribution in [-0.4, -0.2) is 38.4 Å². The van der Waals surface area contributed by atoms with E-state index >= 15 is 0 Å². The number of anilines is 1. The van der Waals surface area contributed by atoms with Gasteiger partial charge in [-0.05, 0) is 41.1 Å². The third-order valence-electron chi connectivity index (χ3n) is 2.67. The van der Waals surface area contributed by atoms with Crippen LogP contribution >= 0.6 is 0 Å². The van der Waals surface area contributed by atoms with Crippen LogP contribution in [0, 0.1) is 0 Å². The largest absolute Gasteiger partial charge is 0.467 e. The van der Waals surface area contributed by atoms with E-state index in [1.54, 1.807) is 6.26 Å². The van der Waals surface area contributed by atoms with Crippen LogP contribution in [0.5, 0.6) is 0 Å². The summed E-state index contributed by atoms with van der Waals surface area (Å²) in [5.41, 5.74) is 0.623. The molecule has 0 spiro atoms. The molecule has 8 heteroatoms. The first-order valence-corrected chi connectivity index (χ1v) is 6.31. The standard InChI is InChI=1S/C12H14N6O2/c1-3-10(20-8-1)9-19-7-2-6-13-11-4-5-12-14-16-17-18(12)15-11/h1,3-5,8H,2,6-7,9H2,(H,13,15). The number of nitrogens with zero attached hydrogens (tertiary/aromatic N) is 5. The van der Waals surface area contributed by atoms with E-state index in [-0.39, 0.29) is 0 Å². The fourth-order valence-electron chi connectivity index (χ4n) is 1.70. The number of nitrogens with one attached hydrogen (secondary N) is 1. The van der Waals surface area contributed by atoms with Crippen molar-refractivity contribution in [2.24, 2.45) is 0 Å². The van der Waals surface area contributed by atoms with E-state index in [0.717, 1.165) is 24.5 Å². The Morgan fingerprint density at radius 1 is 1.30 bits per heavy atom. The fourth-order valence-corrected chi connectivity index (χ4v) is 1.70. The first kappa shape index (κ1) is 12.5. The zero-order valence-corrected chi connectivity index (χ0v) is 10.8. The van der Waals surface area contributed by atoms with Gasteiger partial charge in [0, 0.05) is 13.2 Å². The molecule has 8 nitrogen and oxygen atoms in total. The van der Waals surface area contributed by atoms with Gasteiger partial charge in [-0.25, -0.2) is 0 Å². The molecular weight excluding hydrogens is 260 g/mol. The molecule has 0 unspecified atom stereocenters. The molecule has 0 aliphatic carbocycles. The summed E-state index contributed by atoms with van der Waals surface area (Å²) in [4.78, 5) is 0. The van der Waals surface area contributed by atoms with Gasteiger partial charge in [-0.1, -0.05) is 0 Å². The quantitative estimate of drug-likeness (QED) is 0.646. The number of rotatable bonds is 7. The molecule has 20 heavy (non-hydrogen) atoms. The maximum Gasteiger partial charge on any atom is 0.200 e. The summed E-state index contributed by atoms with van der Waals surface area (Å²) in [5.74, 6) is 1.57. The van der Waals surface area contributed by atoms with Crippen LogP contribution in [0.1, 0.15) is 12.2 Å². The van der Waals surface area contributed by atoms with Gasteiger partial charge in [0.1, 0.15) is 18.2 Å². The summed E-state index contributed by atoms with van der Waals surface area (Å²) in [6, 6.07) is 7.39. The van der Waals surface area contributed by atoms with Crippen molar-refractivity contribution in [3.63, 3.8) is 0 Å². The average Bonchev–Trinajstić information content (AvgIpc) is 3.13. The van der Waals surface area contributed by atoms with E-state index in [2.05, 4.69) is 25.9 Å². The third-order valence-corrected chi connectivity index (χ3v) is 2.67. The van der Waals surface area contributed by atoms with Crippen molar-refractivity contribution in [1.82, 2.24) is 25.3 Å².